The van der Waals surface area contributed by atoms with Crippen molar-refractivity contribution in [3.63, 3.8) is 0 Å². The molecule has 2 unspecified atom stereocenters. The number of nitrogens with zero attached hydrogens (tertiary/aromatic N) is 4. The van der Waals surface area contributed by atoms with Gasteiger partial charge in [-0.3, -0.25) is 14.5 Å². The van der Waals surface area contributed by atoms with E-state index in [4.69, 9.17) is 4.74 Å². The number of sulfonamides is 1. The first-order valence-electron chi connectivity index (χ1n) is 12.0. The van der Waals surface area contributed by atoms with Crippen LogP contribution >= 0.6 is 0 Å². The molecule has 0 bridgehead atoms. The second kappa shape index (κ2) is 9.45. The second-order valence-electron chi connectivity index (χ2n) is 9.25. The average molecular weight is 509 g/mol. The summed E-state index contributed by atoms with van der Waals surface area (Å²) in [7, 11) is -3.49. The van der Waals surface area contributed by atoms with E-state index in [-0.39, 0.29) is 17.5 Å². The number of rotatable bonds is 9. The van der Waals surface area contributed by atoms with Crippen molar-refractivity contribution in [2.45, 2.75) is 38.5 Å². The molecule has 2 heterocycles. The topological polar surface area (TPSA) is 136 Å². The molecule has 0 saturated heterocycles. The Hall–Kier alpha value is -3.60. The lowest BCUT2D eigenvalue weighted by Gasteiger charge is -2.29. The van der Waals surface area contributed by atoms with Crippen molar-refractivity contribution in [2.75, 3.05) is 22.4 Å². The van der Waals surface area contributed by atoms with Crippen LogP contribution in [0.25, 0.3) is 11.3 Å². The first-order chi connectivity index (χ1) is 17.3. The largest absolute Gasteiger partial charge is 0.477 e. The van der Waals surface area contributed by atoms with Crippen molar-refractivity contribution in [1.82, 2.24) is 19.9 Å². The zero-order chi connectivity index (χ0) is 25.3. The first kappa shape index (κ1) is 24.1. The summed E-state index contributed by atoms with van der Waals surface area (Å²) in [6.07, 6.45) is 7.02. The van der Waals surface area contributed by atoms with Crippen molar-refractivity contribution in [3.8, 4) is 17.1 Å². The summed E-state index contributed by atoms with van der Waals surface area (Å²) in [4.78, 5) is 30.8. The van der Waals surface area contributed by atoms with Crippen LogP contribution in [0.3, 0.4) is 0 Å². The standard InChI is InChI=1S/C25H28N6O4S/c1-3-35-23-14-26-13-20(30-23)16-5-7-19(8-6-16)29-24(32)25(11-17-9-18(17)12-25)21-10-22(28-15-27-21)31-36(33,34)4-2/h5-8,10,13-15,17-18H,3-4,9,11-12H2,1-2H3,(H,29,32)(H,27,28,31). The number of ether oxygens (including phenoxy) is 1. The number of fused-ring (bicyclic) bond motifs is 1. The van der Waals surface area contributed by atoms with Gasteiger partial charge in [-0.05, 0) is 57.1 Å². The van der Waals surface area contributed by atoms with E-state index in [2.05, 4.69) is 30.0 Å². The summed E-state index contributed by atoms with van der Waals surface area (Å²) in [5.74, 6) is 1.39. The van der Waals surface area contributed by atoms with Crippen LogP contribution in [0.2, 0.25) is 0 Å². The van der Waals surface area contributed by atoms with E-state index in [0.29, 0.717) is 54.2 Å². The maximum atomic E-state index is 13.7. The number of benzene rings is 1. The molecule has 3 aromatic rings. The molecule has 1 aromatic carbocycles. The highest BCUT2D eigenvalue weighted by Crippen LogP contribution is 2.60. The molecule has 10 nitrogen and oxygen atoms in total. The number of hydrogen-bond donors (Lipinski definition) is 2. The smallest absolute Gasteiger partial charge is 0.236 e. The summed E-state index contributed by atoms with van der Waals surface area (Å²) in [6, 6.07) is 8.98. The minimum Gasteiger partial charge on any atom is -0.477 e. The molecule has 2 aliphatic rings. The van der Waals surface area contributed by atoms with Crippen LogP contribution in [0, 0.1) is 11.8 Å². The van der Waals surface area contributed by atoms with Crippen LogP contribution in [-0.4, -0.2) is 46.6 Å². The Kier molecular flexibility index (Phi) is 6.33. The lowest BCUT2D eigenvalue weighted by Crippen LogP contribution is -2.40. The fourth-order valence-electron chi connectivity index (χ4n) is 4.89. The SMILES string of the molecule is CCOc1cncc(-c2ccc(NC(=O)C3(c4cc(NS(=O)(=O)CC)ncn4)CC4CC4C3)cc2)n1. The number of hydrogen-bond acceptors (Lipinski definition) is 8. The summed E-state index contributed by atoms with van der Waals surface area (Å²) in [6.45, 7) is 3.95. The van der Waals surface area contributed by atoms with E-state index < -0.39 is 15.4 Å². The van der Waals surface area contributed by atoms with Crippen LogP contribution in [0.4, 0.5) is 11.5 Å². The monoisotopic (exact) mass is 508 g/mol. The van der Waals surface area contributed by atoms with Crippen molar-refractivity contribution in [3.05, 3.63) is 54.7 Å². The van der Waals surface area contributed by atoms with Gasteiger partial charge in [0.25, 0.3) is 0 Å². The van der Waals surface area contributed by atoms with Crippen LogP contribution in [-0.2, 0) is 20.2 Å². The van der Waals surface area contributed by atoms with Crippen LogP contribution in [0.5, 0.6) is 5.88 Å². The van der Waals surface area contributed by atoms with Gasteiger partial charge in [-0.1, -0.05) is 12.1 Å². The lowest BCUT2D eigenvalue weighted by molar-refractivity contribution is -0.122. The summed E-state index contributed by atoms with van der Waals surface area (Å²) >= 11 is 0. The van der Waals surface area contributed by atoms with Crippen molar-refractivity contribution < 1.29 is 17.9 Å². The van der Waals surface area contributed by atoms with Gasteiger partial charge in [0.1, 0.15) is 12.1 Å². The maximum Gasteiger partial charge on any atom is 0.236 e. The van der Waals surface area contributed by atoms with Crippen LogP contribution in [0.15, 0.2) is 49.1 Å². The van der Waals surface area contributed by atoms with Gasteiger partial charge in [-0.15, -0.1) is 0 Å². The number of nitrogens with one attached hydrogen (secondary N) is 2. The molecule has 0 spiro atoms. The molecule has 2 saturated carbocycles. The Labute approximate surface area is 210 Å². The van der Waals surface area contributed by atoms with E-state index in [1.807, 2.05) is 31.2 Å². The molecule has 2 fully saturated rings. The predicted octanol–water partition coefficient (Wildman–Crippen LogP) is 3.40. The minimum atomic E-state index is -3.49. The van der Waals surface area contributed by atoms with Gasteiger partial charge in [0.05, 0.1) is 41.6 Å². The lowest BCUT2D eigenvalue weighted by atomic mass is 9.78. The Bertz CT molecular complexity index is 1370. The van der Waals surface area contributed by atoms with Crippen LogP contribution in [0.1, 0.15) is 38.8 Å². The van der Waals surface area contributed by atoms with E-state index in [1.54, 1.807) is 25.4 Å². The van der Waals surface area contributed by atoms with Crippen LogP contribution < -0.4 is 14.8 Å². The highest BCUT2D eigenvalue weighted by Gasteiger charge is 2.59. The molecule has 2 aliphatic carbocycles. The van der Waals surface area contributed by atoms with Gasteiger partial charge in [0.15, 0.2) is 0 Å². The highest BCUT2D eigenvalue weighted by molar-refractivity contribution is 7.92. The molecule has 2 aromatic heterocycles. The third kappa shape index (κ3) is 4.88. The number of carbonyl (C=O) groups is 1. The van der Waals surface area contributed by atoms with Crippen molar-refractivity contribution >= 4 is 27.4 Å². The number of amides is 1. The van der Waals surface area contributed by atoms with Crippen molar-refractivity contribution in [1.29, 1.82) is 0 Å². The fraction of sp³-hybridized carbons (Fsp3) is 0.400. The third-order valence-electron chi connectivity index (χ3n) is 6.87. The summed E-state index contributed by atoms with van der Waals surface area (Å²) in [5.41, 5.74) is 1.88. The van der Waals surface area contributed by atoms with Gasteiger partial charge >= 0.3 is 0 Å². The molecule has 11 heteroatoms. The number of anilines is 2. The molecule has 0 aliphatic heterocycles. The zero-order valence-corrected chi connectivity index (χ0v) is 21.0. The Balaban J connectivity index is 1.37. The Morgan fingerprint density at radius 3 is 2.56 bits per heavy atom. The van der Waals surface area contributed by atoms with E-state index in [9.17, 15) is 13.2 Å². The Morgan fingerprint density at radius 2 is 1.86 bits per heavy atom. The Morgan fingerprint density at radius 1 is 1.11 bits per heavy atom. The number of carbonyl (C=O) groups excluding carboxylic acids is 1. The summed E-state index contributed by atoms with van der Waals surface area (Å²) in [5, 5.41) is 3.05. The van der Waals surface area contributed by atoms with E-state index in [0.717, 1.165) is 12.0 Å². The maximum absolute atomic E-state index is 13.7. The molecule has 1 amide bonds. The summed E-state index contributed by atoms with van der Waals surface area (Å²) < 4.78 is 32.0. The molecule has 2 atom stereocenters. The minimum absolute atomic E-state index is 0.0698. The van der Waals surface area contributed by atoms with Gasteiger partial charge in [-0.2, -0.15) is 0 Å². The molecule has 188 valence electrons. The molecule has 2 N–H and O–H groups in total. The molecular formula is C25H28N6O4S. The predicted molar refractivity (Wildman–Crippen MR) is 135 cm³/mol. The quantitative estimate of drug-likeness (QED) is 0.449. The normalized spacial score (nSPS) is 22.5. The van der Waals surface area contributed by atoms with Gasteiger partial charge in [0, 0.05) is 17.3 Å². The third-order valence-corrected chi connectivity index (χ3v) is 8.15. The van der Waals surface area contributed by atoms with Gasteiger partial charge in [0.2, 0.25) is 21.8 Å². The van der Waals surface area contributed by atoms with Gasteiger partial charge in [-0.25, -0.2) is 23.4 Å². The number of aromatic nitrogens is 4. The fourth-order valence-corrected chi connectivity index (χ4v) is 5.46. The second-order valence-corrected chi connectivity index (χ2v) is 11.3. The first-order valence-corrected chi connectivity index (χ1v) is 13.7. The molecular weight excluding hydrogens is 480 g/mol. The van der Waals surface area contributed by atoms with Gasteiger partial charge < -0.3 is 10.1 Å². The van der Waals surface area contributed by atoms with E-state index in [1.165, 1.54) is 6.33 Å². The zero-order valence-electron chi connectivity index (χ0n) is 20.1. The molecule has 5 rings (SSSR count). The molecule has 0 radical (unpaired) electrons. The molecule has 36 heavy (non-hydrogen) atoms. The highest BCUT2D eigenvalue weighted by atomic mass is 32.2. The average Bonchev–Trinajstić information content (AvgIpc) is 3.50. The van der Waals surface area contributed by atoms with Crippen molar-refractivity contribution in [2.24, 2.45) is 11.8 Å². The van der Waals surface area contributed by atoms with E-state index >= 15 is 0 Å².